The normalized spacial score (nSPS) is 30.1. The molecule has 94 valence electrons. The molecule has 0 aromatic heterocycles. The Kier molecular flexibility index (Phi) is 5.12. The van der Waals surface area contributed by atoms with Crippen LogP contribution < -0.4 is 5.32 Å². The van der Waals surface area contributed by atoms with Gasteiger partial charge in [-0.05, 0) is 38.2 Å². The molecule has 0 bridgehead atoms. The molecule has 1 N–H and O–H groups in total. The Morgan fingerprint density at radius 3 is 2.69 bits per heavy atom. The predicted octanol–water partition coefficient (Wildman–Crippen LogP) is 2.08. The fourth-order valence-corrected chi connectivity index (χ4v) is 2.60. The summed E-state index contributed by atoms with van der Waals surface area (Å²) in [7, 11) is 0. The standard InChI is InChI=1S/C12H24N2OS/c1-5-10-13-12(3,6-2)11(15)14(10)8-7-9-16-4/h10,13H,5-9H2,1-4H3. The first-order valence-electron chi connectivity index (χ1n) is 6.16. The number of hydrogen-bond acceptors (Lipinski definition) is 3. The predicted molar refractivity (Wildman–Crippen MR) is 70.6 cm³/mol. The van der Waals surface area contributed by atoms with Gasteiger partial charge in [-0.1, -0.05) is 13.8 Å². The molecule has 1 aliphatic heterocycles. The fraction of sp³-hybridized carbons (Fsp3) is 0.917. The second-order valence-electron chi connectivity index (χ2n) is 4.60. The van der Waals surface area contributed by atoms with Gasteiger partial charge in [0.25, 0.3) is 0 Å². The zero-order valence-electron chi connectivity index (χ0n) is 10.9. The molecule has 1 saturated heterocycles. The van der Waals surface area contributed by atoms with Crippen molar-refractivity contribution in [3.05, 3.63) is 0 Å². The van der Waals surface area contributed by atoms with Crippen molar-refractivity contribution < 1.29 is 4.79 Å². The molecule has 1 amide bonds. The molecular weight excluding hydrogens is 220 g/mol. The van der Waals surface area contributed by atoms with Gasteiger partial charge in [-0.2, -0.15) is 11.8 Å². The van der Waals surface area contributed by atoms with E-state index in [-0.39, 0.29) is 17.6 Å². The fourth-order valence-electron chi connectivity index (χ4n) is 2.18. The van der Waals surface area contributed by atoms with Crippen molar-refractivity contribution in [1.29, 1.82) is 0 Å². The van der Waals surface area contributed by atoms with Gasteiger partial charge in [-0.25, -0.2) is 0 Å². The van der Waals surface area contributed by atoms with Crippen molar-refractivity contribution in [3.8, 4) is 0 Å². The van der Waals surface area contributed by atoms with Crippen molar-refractivity contribution in [2.45, 2.75) is 51.7 Å². The number of thioether (sulfide) groups is 1. The number of carbonyl (C=O) groups excluding carboxylic acids is 1. The summed E-state index contributed by atoms with van der Waals surface area (Å²) in [5.41, 5.74) is -0.333. The zero-order chi connectivity index (χ0) is 12.2. The summed E-state index contributed by atoms with van der Waals surface area (Å²) in [6.45, 7) is 7.12. The van der Waals surface area contributed by atoms with Crippen LogP contribution >= 0.6 is 11.8 Å². The third kappa shape index (κ3) is 2.72. The van der Waals surface area contributed by atoms with Crippen LogP contribution in [0.1, 0.15) is 40.0 Å². The van der Waals surface area contributed by atoms with Crippen LogP contribution in [0.2, 0.25) is 0 Å². The lowest BCUT2D eigenvalue weighted by Crippen LogP contribution is -2.43. The molecule has 4 heteroatoms. The van der Waals surface area contributed by atoms with Gasteiger partial charge in [-0.3, -0.25) is 10.1 Å². The van der Waals surface area contributed by atoms with E-state index in [0.717, 1.165) is 31.6 Å². The molecule has 0 radical (unpaired) electrons. The first-order valence-corrected chi connectivity index (χ1v) is 7.56. The van der Waals surface area contributed by atoms with E-state index in [1.54, 1.807) is 0 Å². The maximum Gasteiger partial charge on any atom is 0.243 e. The molecule has 2 unspecified atom stereocenters. The van der Waals surface area contributed by atoms with Crippen LogP contribution in [0.15, 0.2) is 0 Å². The molecule has 0 aliphatic carbocycles. The van der Waals surface area contributed by atoms with E-state index < -0.39 is 0 Å². The highest BCUT2D eigenvalue weighted by Crippen LogP contribution is 2.25. The Morgan fingerprint density at radius 2 is 2.19 bits per heavy atom. The smallest absolute Gasteiger partial charge is 0.243 e. The lowest BCUT2D eigenvalue weighted by atomic mass is 9.99. The van der Waals surface area contributed by atoms with E-state index in [2.05, 4.69) is 25.4 Å². The molecule has 3 nitrogen and oxygen atoms in total. The number of carbonyl (C=O) groups is 1. The van der Waals surface area contributed by atoms with Gasteiger partial charge in [0.2, 0.25) is 5.91 Å². The summed E-state index contributed by atoms with van der Waals surface area (Å²) in [4.78, 5) is 14.3. The van der Waals surface area contributed by atoms with Crippen LogP contribution in [0.5, 0.6) is 0 Å². The van der Waals surface area contributed by atoms with Crippen molar-refractivity contribution >= 4 is 17.7 Å². The van der Waals surface area contributed by atoms with Crippen molar-refractivity contribution in [1.82, 2.24) is 10.2 Å². The van der Waals surface area contributed by atoms with Gasteiger partial charge in [0.15, 0.2) is 0 Å². The highest BCUT2D eigenvalue weighted by atomic mass is 32.2. The average Bonchev–Trinajstić information content (AvgIpc) is 2.54. The van der Waals surface area contributed by atoms with Gasteiger partial charge in [0.1, 0.15) is 0 Å². The minimum absolute atomic E-state index is 0.235. The Hall–Kier alpha value is -0.220. The lowest BCUT2D eigenvalue weighted by molar-refractivity contribution is -0.133. The first kappa shape index (κ1) is 13.8. The Morgan fingerprint density at radius 1 is 1.50 bits per heavy atom. The zero-order valence-corrected chi connectivity index (χ0v) is 11.7. The molecular formula is C12H24N2OS. The molecule has 0 saturated carbocycles. The summed E-state index contributed by atoms with van der Waals surface area (Å²) in [6, 6.07) is 0. The van der Waals surface area contributed by atoms with Crippen molar-refractivity contribution in [2.24, 2.45) is 0 Å². The topological polar surface area (TPSA) is 32.3 Å². The summed E-state index contributed by atoms with van der Waals surface area (Å²) >= 11 is 1.84. The van der Waals surface area contributed by atoms with E-state index in [4.69, 9.17) is 0 Å². The third-order valence-electron chi connectivity index (χ3n) is 3.44. The minimum Gasteiger partial charge on any atom is -0.326 e. The summed E-state index contributed by atoms with van der Waals surface area (Å²) in [6.07, 6.45) is 5.28. The molecule has 16 heavy (non-hydrogen) atoms. The lowest BCUT2D eigenvalue weighted by Gasteiger charge is -2.22. The van der Waals surface area contributed by atoms with E-state index in [1.807, 2.05) is 23.6 Å². The van der Waals surface area contributed by atoms with Crippen LogP contribution in [0.3, 0.4) is 0 Å². The van der Waals surface area contributed by atoms with Crippen LogP contribution in [-0.4, -0.2) is 41.1 Å². The Balaban J connectivity index is 2.63. The average molecular weight is 244 g/mol. The molecule has 1 heterocycles. The molecule has 1 aliphatic rings. The van der Waals surface area contributed by atoms with Crippen molar-refractivity contribution in [3.63, 3.8) is 0 Å². The molecule has 1 fully saturated rings. The summed E-state index contributed by atoms with van der Waals surface area (Å²) < 4.78 is 0. The molecule has 0 aromatic rings. The largest absolute Gasteiger partial charge is 0.326 e. The maximum absolute atomic E-state index is 12.3. The van der Waals surface area contributed by atoms with Gasteiger partial charge in [0.05, 0.1) is 11.7 Å². The Labute approximate surface area is 103 Å². The van der Waals surface area contributed by atoms with E-state index in [0.29, 0.717) is 0 Å². The second kappa shape index (κ2) is 5.92. The highest BCUT2D eigenvalue weighted by Gasteiger charge is 2.45. The SMILES string of the molecule is CCC1NC(C)(CC)C(=O)N1CCCSC. The van der Waals surface area contributed by atoms with Gasteiger partial charge in [-0.15, -0.1) is 0 Å². The third-order valence-corrected chi connectivity index (χ3v) is 4.13. The Bertz CT molecular complexity index is 247. The molecule has 0 aromatic carbocycles. The van der Waals surface area contributed by atoms with Crippen molar-refractivity contribution in [2.75, 3.05) is 18.6 Å². The number of nitrogens with one attached hydrogen (secondary N) is 1. The van der Waals surface area contributed by atoms with E-state index in [1.165, 1.54) is 0 Å². The van der Waals surface area contributed by atoms with E-state index >= 15 is 0 Å². The minimum atomic E-state index is -0.333. The monoisotopic (exact) mass is 244 g/mol. The number of nitrogens with zero attached hydrogens (tertiary/aromatic N) is 1. The number of rotatable bonds is 6. The van der Waals surface area contributed by atoms with Crippen LogP contribution in [0.4, 0.5) is 0 Å². The molecule has 0 spiro atoms. The maximum atomic E-state index is 12.3. The molecule has 1 rings (SSSR count). The van der Waals surface area contributed by atoms with Gasteiger partial charge < -0.3 is 4.90 Å². The van der Waals surface area contributed by atoms with Gasteiger partial charge >= 0.3 is 0 Å². The van der Waals surface area contributed by atoms with Crippen LogP contribution in [0.25, 0.3) is 0 Å². The summed E-state index contributed by atoms with van der Waals surface area (Å²) in [5.74, 6) is 1.41. The first-order chi connectivity index (χ1) is 7.59. The van der Waals surface area contributed by atoms with Crippen LogP contribution in [0, 0.1) is 0 Å². The quantitative estimate of drug-likeness (QED) is 0.726. The summed E-state index contributed by atoms with van der Waals surface area (Å²) in [5, 5.41) is 3.46. The molecule has 2 atom stereocenters. The highest BCUT2D eigenvalue weighted by molar-refractivity contribution is 7.98. The van der Waals surface area contributed by atoms with E-state index in [9.17, 15) is 4.79 Å². The number of hydrogen-bond donors (Lipinski definition) is 1. The van der Waals surface area contributed by atoms with Crippen LogP contribution in [-0.2, 0) is 4.79 Å². The number of amides is 1. The van der Waals surface area contributed by atoms with Gasteiger partial charge in [0, 0.05) is 6.54 Å². The second-order valence-corrected chi connectivity index (χ2v) is 5.58.